The zero-order valence-electron chi connectivity index (χ0n) is 11.8. The lowest BCUT2D eigenvalue weighted by molar-refractivity contribution is 0.516. The van der Waals surface area contributed by atoms with Crippen molar-refractivity contribution in [3.8, 4) is 0 Å². The Hall–Kier alpha value is -1.68. The van der Waals surface area contributed by atoms with Crippen molar-refractivity contribution in [1.29, 1.82) is 0 Å². The van der Waals surface area contributed by atoms with Crippen LogP contribution in [0.2, 0.25) is 0 Å². The molecular weight excluding hydrogens is 248 g/mol. The maximum Gasteiger partial charge on any atom is 0.140 e. The van der Waals surface area contributed by atoms with Crippen LogP contribution in [0.25, 0.3) is 0 Å². The number of aryl methyl sites for hydroxylation is 2. The molecule has 0 unspecified atom stereocenters. The summed E-state index contributed by atoms with van der Waals surface area (Å²) < 4.78 is 2.04. The minimum atomic E-state index is 0.721. The van der Waals surface area contributed by atoms with Gasteiger partial charge in [0.2, 0.25) is 0 Å². The Kier molecular flexibility index (Phi) is 4.43. The molecule has 2 aromatic rings. The largest absolute Gasteiger partial charge is 0.307 e. The molecule has 0 bridgehead atoms. The standard InChI is InChI=1S/C16H22N4/c1-2-6-14(7-3-1)8-4-5-11-20-16(18-13-19-20)12-17-15-9-10-15/h1-3,6-7,13,15,17H,4-5,8-12H2. The normalized spacial score (nSPS) is 14.6. The predicted octanol–water partition coefficient (Wildman–Crippen LogP) is 2.55. The number of aromatic nitrogens is 3. The maximum absolute atomic E-state index is 4.34. The van der Waals surface area contributed by atoms with E-state index in [0.29, 0.717) is 0 Å². The zero-order chi connectivity index (χ0) is 13.6. The van der Waals surface area contributed by atoms with Crippen molar-refractivity contribution < 1.29 is 0 Å². The van der Waals surface area contributed by atoms with Gasteiger partial charge in [0.1, 0.15) is 12.2 Å². The van der Waals surface area contributed by atoms with Gasteiger partial charge >= 0.3 is 0 Å². The fourth-order valence-corrected chi connectivity index (χ4v) is 2.37. The van der Waals surface area contributed by atoms with Crippen LogP contribution in [0, 0.1) is 0 Å². The van der Waals surface area contributed by atoms with E-state index < -0.39 is 0 Å². The number of hydrogen-bond donors (Lipinski definition) is 1. The quantitative estimate of drug-likeness (QED) is 0.750. The van der Waals surface area contributed by atoms with Crippen molar-refractivity contribution >= 4 is 0 Å². The number of nitrogens with one attached hydrogen (secondary N) is 1. The van der Waals surface area contributed by atoms with Gasteiger partial charge in [-0.3, -0.25) is 0 Å². The first kappa shape index (κ1) is 13.3. The molecule has 1 aliphatic rings. The van der Waals surface area contributed by atoms with Crippen molar-refractivity contribution in [3.05, 3.63) is 48.0 Å². The summed E-state index contributed by atoms with van der Waals surface area (Å²) in [6, 6.07) is 11.4. The fraction of sp³-hybridized carbons (Fsp3) is 0.500. The summed E-state index contributed by atoms with van der Waals surface area (Å²) >= 11 is 0. The van der Waals surface area contributed by atoms with E-state index in [-0.39, 0.29) is 0 Å². The monoisotopic (exact) mass is 270 g/mol. The Morgan fingerprint density at radius 3 is 2.80 bits per heavy atom. The molecule has 3 rings (SSSR count). The summed E-state index contributed by atoms with van der Waals surface area (Å²) in [6.07, 6.45) is 7.77. The summed E-state index contributed by atoms with van der Waals surface area (Å²) in [6.45, 7) is 1.82. The summed E-state index contributed by atoms with van der Waals surface area (Å²) in [5.41, 5.74) is 1.42. The van der Waals surface area contributed by atoms with Crippen molar-refractivity contribution in [2.45, 2.75) is 51.2 Å². The highest BCUT2D eigenvalue weighted by molar-refractivity contribution is 5.14. The highest BCUT2D eigenvalue weighted by Gasteiger charge is 2.20. The molecule has 1 N–H and O–H groups in total. The summed E-state index contributed by atoms with van der Waals surface area (Å²) in [5.74, 6) is 1.07. The van der Waals surface area contributed by atoms with Crippen molar-refractivity contribution in [2.24, 2.45) is 0 Å². The Labute approximate surface area is 120 Å². The molecule has 0 amide bonds. The molecule has 1 heterocycles. The van der Waals surface area contributed by atoms with Gasteiger partial charge < -0.3 is 5.32 Å². The highest BCUT2D eigenvalue weighted by atomic mass is 15.3. The molecule has 0 aliphatic heterocycles. The van der Waals surface area contributed by atoms with E-state index in [0.717, 1.165) is 37.8 Å². The molecular formula is C16H22N4. The van der Waals surface area contributed by atoms with Crippen LogP contribution in [0.1, 0.15) is 37.1 Å². The smallest absolute Gasteiger partial charge is 0.140 e. The molecule has 0 radical (unpaired) electrons. The number of benzene rings is 1. The number of nitrogens with zero attached hydrogens (tertiary/aromatic N) is 3. The molecule has 106 valence electrons. The molecule has 4 heteroatoms. The van der Waals surface area contributed by atoms with Crippen LogP contribution in [-0.4, -0.2) is 20.8 Å². The SMILES string of the molecule is c1ccc(CCCCn2ncnc2CNC2CC2)cc1. The van der Waals surface area contributed by atoms with Crippen LogP contribution in [0.15, 0.2) is 36.7 Å². The zero-order valence-corrected chi connectivity index (χ0v) is 11.8. The van der Waals surface area contributed by atoms with Crippen molar-refractivity contribution in [1.82, 2.24) is 20.1 Å². The molecule has 4 nitrogen and oxygen atoms in total. The average Bonchev–Trinajstić information content (AvgIpc) is 3.21. The molecule has 0 saturated heterocycles. The first-order valence-electron chi connectivity index (χ1n) is 7.56. The van der Waals surface area contributed by atoms with E-state index in [9.17, 15) is 0 Å². The van der Waals surface area contributed by atoms with E-state index in [1.165, 1.54) is 24.8 Å². The topological polar surface area (TPSA) is 42.7 Å². The molecule has 1 fully saturated rings. The number of rotatable bonds is 8. The predicted molar refractivity (Wildman–Crippen MR) is 79.3 cm³/mol. The van der Waals surface area contributed by atoms with Crippen LogP contribution in [0.5, 0.6) is 0 Å². The number of unbranched alkanes of at least 4 members (excludes halogenated alkanes) is 1. The lowest BCUT2D eigenvalue weighted by atomic mass is 10.1. The van der Waals surface area contributed by atoms with Crippen LogP contribution in [0.4, 0.5) is 0 Å². The minimum Gasteiger partial charge on any atom is -0.307 e. The van der Waals surface area contributed by atoms with Gasteiger partial charge in [-0.05, 0) is 37.7 Å². The highest BCUT2D eigenvalue weighted by Crippen LogP contribution is 2.19. The van der Waals surface area contributed by atoms with Crippen LogP contribution in [0.3, 0.4) is 0 Å². The lowest BCUT2D eigenvalue weighted by Gasteiger charge is -2.07. The second kappa shape index (κ2) is 6.66. The van der Waals surface area contributed by atoms with Crippen LogP contribution < -0.4 is 5.32 Å². The number of hydrogen-bond acceptors (Lipinski definition) is 3. The third kappa shape index (κ3) is 3.90. The first-order chi connectivity index (χ1) is 9.92. The van der Waals surface area contributed by atoms with Crippen molar-refractivity contribution in [2.75, 3.05) is 0 Å². The Balaban J connectivity index is 1.40. The van der Waals surface area contributed by atoms with Gasteiger partial charge in [0.05, 0.1) is 6.54 Å². The molecule has 1 saturated carbocycles. The van der Waals surface area contributed by atoms with Crippen LogP contribution in [-0.2, 0) is 19.5 Å². The second-order valence-electron chi connectivity index (χ2n) is 5.50. The van der Waals surface area contributed by atoms with E-state index in [4.69, 9.17) is 0 Å². The van der Waals surface area contributed by atoms with Gasteiger partial charge in [-0.1, -0.05) is 30.3 Å². The molecule has 20 heavy (non-hydrogen) atoms. The molecule has 1 aliphatic carbocycles. The van der Waals surface area contributed by atoms with Gasteiger partial charge in [0.25, 0.3) is 0 Å². The summed E-state index contributed by atoms with van der Waals surface area (Å²) in [7, 11) is 0. The molecule has 1 aromatic carbocycles. The first-order valence-corrected chi connectivity index (χ1v) is 7.56. The van der Waals surface area contributed by atoms with E-state index in [2.05, 4.69) is 45.7 Å². The fourth-order valence-electron chi connectivity index (χ4n) is 2.37. The Morgan fingerprint density at radius 1 is 1.15 bits per heavy atom. The van der Waals surface area contributed by atoms with Gasteiger partial charge in [0, 0.05) is 12.6 Å². The second-order valence-corrected chi connectivity index (χ2v) is 5.50. The van der Waals surface area contributed by atoms with Crippen LogP contribution >= 0.6 is 0 Å². The summed E-state index contributed by atoms with van der Waals surface area (Å²) in [4.78, 5) is 4.34. The van der Waals surface area contributed by atoms with E-state index >= 15 is 0 Å². The third-order valence-corrected chi connectivity index (χ3v) is 3.75. The maximum atomic E-state index is 4.34. The average molecular weight is 270 g/mol. The third-order valence-electron chi connectivity index (χ3n) is 3.75. The molecule has 1 aromatic heterocycles. The minimum absolute atomic E-state index is 0.721. The van der Waals surface area contributed by atoms with Crippen molar-refractivity contribution in [3.63, 3.8) is 0 Å². The van der Waals surface area contributed by atoms with Gasteiger partial charge in [0.15, 0.2) is 0 Å². The van der Waals surface area contributed by atoms with E-state index in [1.807, 2.05) is 4.68 Å². The van der Waals surface area contributed by atoms with Gasteiger partial charge in [-0.25, -0.2) is 9.67 Å². The lowest BCUT2D eigenvalue weighted by Crippen LogP contribution is -2.19. The summed E-state index contributed by atoms with van der Waals surface area (Å²) in [5, 5.41) is 7.82. The molecule has 0 atom stereocenters. The Bertz CT molecular complexity index is 516. The molecule has 0 spiro atoms. The Morgan fingerprint density at radius 2 is 2.00 bits per heavy atom. The van der Waals surface area contributed by atoms with Gasteiger partial charge in [-0.15, -0.1) is 0 Å². The van der Waals surface area contributed by atoms with E-state index in [1.54, 1.807) is 6.33 Å². The van der Waals surface area contributed by atoms with Gasteiger partial charge in [-0.2, -0.15) is 5.10 Å².